The molecule has 0 aliphatic carbocycles. The molecular weight excluding hydrogens is 529 g/mol. The average molecular weight is 568 g/mol. The van der Waals surface area contributed by atoms with Crippen LogP contribution in [-0.4, -0.2) is 50.1 Å². The van der Waals surface area contributed by atoms with E-state index < -0.39 is 0 Å². The molecule has 3 N–H and O–H groups in total. The summed E-state index contributed by atoms with van der Waals surface area (Å²) in [6.45, 7) is 8.82. The van der Waals surface area contributed by atoms with Crippen molar-refractivity contribution >= 4 is 41.5 Å². The van der Waals surface area contributed by atoms with Crippen LogP contribution in [0.4, 0.5) is 5.69 Å². The Bertz CT molecular complexity index is 876. The predicted molar refractivity (Wildman–Crippen MR) is 148 cm³/mol. The van der Waals surface area contributed by atoms with E-state index in [1.54, 1.807) is 7.11 Å². The van der Waals surface area contributed by atoms with E-state index in [1.165, 1.54) is 12.5 Å². The van der Waals surface area contributed by atoms with Gasteiger partial charge in [0.15, 0.2) is 5.96 Å². The molecule has 182 valence electrons. The number of halogens is 1. The molecule has 1 amide bonds. The number of hydrogen-bond donors (Lipinski definition) is 3. The fraction of sp³-hybridized carbons (Fsp3) is 0.440. The first-order chi connectivity index (χ1) is 15.4. The van der Waals surface area contributed by atoms with Crippen molar-refractivity contribution in [1.29, 1.82) is 0 Å². The lowest BCUT2D eigenvalue weighted by atomic mass is 10.1. The lowest BCUT2D eigenvalue weighted by molar-refractivity contribution is -0.114. The lowest BCUT2D eigenvalue weighted by Crippen LogP contribution is -2.40. The lowest BCUT2D eigenvalue weighted by Gasteiger charge is -2.25. The minimum atomic E-state index is -0.134. The number of carbonyl (C=O) groups is 1. The van der Waals surface area contributed by atoms with Gasteiger partial charge in [0.2, 0.25) is 5.91 Å². The van der Waals surface area contributed by atoms with Crippen molar-refractivity contribution in [3.63, 3.8) is 0 Å². The second-order valence-electron chi connectivity index (χ2n) is 7.88. The van der Waals surface area contributed by atoms with E-state index in [1.807, 2.05) is 24.3 Å². The van der Waals surface area contributed by atoms with Crippen molar-refractivity contribution in [1.82, 2.24) is 15.5 Å². The molecule has 0 radical (unpaired) electrons. The van der Waals surface area contributed by atoms with Crippen LogP contribution in [0.15, 0.2) is 53.5 Å². The number of nitrogens with one attached hydrogen (secondary N) is 3. The van der Waals surface area contributed by atoms with Gasteiger partial charge >= 0.3 is 0 Å². The van der Waals surface area contributed by atoms with Crippen molar-refractivity contribution in [2.75, 3.05) is 32.6 Å². The average Bonchev–Trinajstić information content (AvgIpc) is 2.77. The third kappa shape index (κ3) is 10.4. The maximum Gasteiger partial charge on any atom is 0.221 e. The minimum Gasteiger partial charge on any atom is -0.495 e. The fourth-order valence-electron chi connectivity index (χ4n) is 3.30. The normalized spacial score (nSPS) is 12.0. The molecule has 0 spiro atoms. The first-order valence-electron chi connectivity index (χ1n) is 11.1. The largest absolute Gasteiger partial charge is 0.495 e. The Morgan fingerprint density at radius 1 is 1.12 bits per heavy atom. The molecule has 0 heterocycles. The third-order valence-electron chi connectivity index (χ3n) is 5.22. The van der Waals surface area contributed by atoms with Gasteiger partial charge in [-0.2, -0.15) is 0 Å². The summed E-state index contributed by atoms with van der Waals surface area (Å²) in [5, 5.41) is 9.53. The minimum absolute atomic E-state index is 0. The van der Waals surface area contributed by atoms with Crippen LogP contribution in [0.3, 0.4) is 0 Å². The molecule has 33 heavy (non-hydrogen) atoms. The Morgan fingerprint density at radius 3 is 2.48 bits per heavy atom. The summed E-state index contributed by atoms with van der Waals surface area (Å²) in [7, 11) is 3.75. The molecule has 1 unspecified atom stereocenters. The van der Waals surface area contributed by atoms with Gasteiger partial charge in [-0.25, -0.2) is 4.99 Å². The van der Waals surface area contributed by atoms with Gasteiger partial charge in [-0.3, -0.25) is 9.69 Å². The van der Waals surface area contributed by atoms with Crippen LogP contribution in [-0.2, 0) is 17.9 Å². The van der Waals surface area contributed by atoms with Gasteiger partial charge in [0.05, 0.1) is 19.3 Å². The molecule has 8 heteroatoms. The van der Waals surface area contributed by atoms with Crippen LogP contribution >= 0.6 is 24.0 Å². The van der Waals surface area contributed by atoms with Crippen molar-refractivity contribution in [3.05, 3.63) is 59.7 Å². The number of amides is 1. The number of aliphatic imine (C=N–C) groups is 1. The fourth-order valence-corrected chi connectivity index (χ4v) is 3.30. The number of benzene rings is 2. The van der Waals surface area contributed by atoms with Gasteiger partial charge in [0.25, 0.3) is 0 Å². The highest BCUT2D eigenvalue weighted by Gasteiger charge is 2.10. The maximum atomic E-state index is 11.4. The maximum absolute atomic E-state index is 11.4. The molecule has 0 saturated heterocycles. The molecular formula is C25H38IN5O2. The summed E-state index contributed by atoms with van der Waals surface area (Å²) in [6, 6.07) is 16.7. The van der Waals surface area contributed by atoms with E-state index >= 15 is 0 Å². The number of ether oxygens (including phenoxy) is 1. The quantitative estimate of drug-likeness (QED) is 0.215. The number of anilines is 1. The van der Waals surface area contributed by atoms with Crippen molar-refractivity contribution < 1.29 is 9.53 Å². The number of hydrogen-bond acceptors (Lipinski definition) is 4. The van der Waals surface area contributed by atoms with Crippen molar-refractivity contribution in [3.8, 4) is 5.75 Å². The van der Waals surface area contributed by atoms with Gasteiger partial charge in [0.1, 0.15) is 5.75 Å². The monoisotopic (exact) mass is 567 g/mol. The molecule has 0 aliphatic rings. The van der Waals surface area contributed by atoms with E-state index in [2.05, 4.69) is 66.0 Å². The summed E-state index contributed by atoms with van der Waals surface area (Å²) in [6.07, 6.45) is 1.00. The first kappa shape index (κ1) is 28.7. The van der Waals surface area contributed by atoms with Gasteiger partial charge in [-0.05, 0) is 50.6 Å². The number of guanidine groups is 1. The number of nitrogens with zero attached hydrogens (tertiary/aromatic N) is 2. The van der Waals surface area contributed by atoms with E-state index in [4.69, 9.17) is 9.73 Å². The van der Waals surface area contributed by atoms with Crippen LogP contribution in [0.1, 0.15) is 38.3 Å². The zero-order chi connectivity index (χ0) is 23.3. The number of carbonyl (C=O) groups excluding carboxylic acids is 1. The van der Waals surface area contributed by atoms with Gasteiger partial charge < -0.3 is 20.7 Å². The smallest absolute Gasteiger partial charge is 0.221 e. The Hall–Kier alpha value is -2.33. The topological polar surface area (TPSA) is 78.0 Å². The van der Waals surface area contributed by atoms with E-state index in [9.17, 15) is 4.79 Å². The Labute approximate surface area is 215 Å². The van der Waals surface area contributed by atoms with Crippen molar-refractivity contribution in [2.45, 2.75) is 46.3 Å². The van der Waals surface area contributed by atoms with Crippen LogP contribution in [0.25, 0.3) is 0 Å². The van der Waals surface area contributed by atoms with Crippen LogP contribution in [0.5, 0.6) is 5.75 Å². The first-order valence-corrected chi connectivity index (χ1v) is 11.1. The zero-order valence-corrected chi connectivity index (χ0v) is 22.7. The van der Waals surface area contributed by atoms with Gasteiger partial charge in [-0.15, -0.1) is 24.0 Å². The molecule has 2 aromatic carbocycles. The number of methoxy groups -OCH3 is 1. The second kappa shape index (κ2) is 15.5. The van der Waals surface area contributed by atoms with Crippen LogP contribution in [0.2, 0.25) is 0 Å². The predicted octanol–water partition coefficient (Wildman–Crippen LogP) is 4.24. The summed E-state index contributed by atoms with van der Waals surface area (Å²) in [5.74, 6) is 1.28. The Morgan fingerprint density at radius 2 is 1.85 bits per heavy atom. The highest BCUT2D eigenvalue weighted by atomic mass is 127. The SMILES string of the molecule is CCNC(=NCc1ccc(OC)c(NC(C)=O)c1)NCCC(C)N(C)Cc1ccccc1.I. The number of rotatable bonds is 11. The molecule has 2 aromatic rings. The molecule has 0 bridgehead atoms. The van der Waals surface area contributed by atoms with E-state index in [-0.39, 0.29) is 29.9 Å². The Kier molecular flexibility index (Phi) is 13.5. The van der Waals surface area contributed by atoms with Gasteiger partial charge in [-0.1, -0.05) is 36.4 Å². The highest BCUT2D eigenvalue weighted by Crippen LogP contribution is 2.25. The van der Waals surface area contributed by atoms with Crippen LogP contribution in [0, 0.1) is 0 Å². The van der Waals surface area contributed by atoms with E-state index in [0.717, 1.165) is 37.6 Å². The third-order valence-corrected chi connectivity index (χ3v) is 5.22. The molecule has 1 atom stereocenters. The Balaban J connectivity index is 0.00000544. The highest BCUT2D eigenvalue weighted by molar-refractivity contribution is 14.0. The zero-order valence-electron chi connectivity index (χ0n) is 20.4. The summed E-state index contributed by atoms with van der Waals surface area (Å²) in [5.41, 5.74) is 2.96. The van der Waals surface area contributed by atoms with Crippen LogP contribution < -0.4 is 20.7 Å². The molecule has 0 aromatic heterocycles. The molecule has 2 rings (SSSR count). The summed E-state index contributed by atoms with van der Waals surface area (Å²) < 4.78 is 5.32. The van der Waals surface area contributed by atoms with E-state index in [0.29, 0.717) is 24.0 Å². The summed E-state index contributed by atoms with van der Waals surface area (Å²) >= 11 is 0. The second-order valence-corrected chi connectivity index (χ2v) is 7.88. The van der Waals surface area contributed by atoms with Gasteiger partial charge in [0, 0.05) is 32.6 Å². The summed E-state index contributed by atoms with van der Waals surface area (Å²) in [4.78, 5) is 18.5. The molecule has 0 fully saturated rings. The molecule has 0 aliphatic heterocycles. The molecule has 0 saturated carbocycles. The standard InChI is InChI=1S/C25H37N5O2.HI/c1-6-26-25(27-15-14-19(2)30(4)18-21-10-8-7-9-11-21)28-17-22-12-13-24(32-5)23(16-22)29-20(3)31;/h7-13,16,19H,6,14-15,17-18H2,1-5H3,(H,29,31)(H2,26,27,28);1H. The molecule has 7 nitrogen and oxygen atoms in total. The van der Waals surface area contributed by atoms with Crippen molar-refractivity contribution in [2.24, 2.45) is 4.99 Å².